The van der Waals surface area contributed by atoms with Gasteiger partial charge in [-0.1, -0.05) is 66.7 Å². The molecule has 4 nitrogen and oxygen atoms in total. The van der Waals surface area contributed by atoms with Gasteiger partial charge in [-0.3, -0.25) is 9.69 Å². The Bertz CT molecular complexity index is 990. The van der Waals surface area contributed by atoms with Gasteiger partial charge in [0.05, 0.1) is 5.56 Å². The summed E-state index contributed by atoms with van der Waals surface area (Å²) in [6.07, 6.45) is 4.30. The van der Waals surface area contributed by atoms with Crippen LogP contribution in [0.1, 0.15) is 15.9 Å². The molecule has 3 aromatic carbocycles. The summed E-state index contributed by atoms with van der Waals surface area (Å²) in [6.45, 7) is 3.88. The van der Waals surface area contributed by atoms with E-state index in [1.54, 1.807) is 12.1 Å². The van der Waals surface area contributed by atoms with Crippen molar-refractivity contribution in [2.24, 2.45) is 0 Å². The van der Waals surface area contributed by atoms with Gasteiger partial charge in [0.25, 0.3) is 5.91 Å². The Balaban J connectivity index is 1.36. The van der Waals surface area contributed by atoms with E-state index in [9.17, 15) is 9.90 Å². The summed E-state index contributed by atoms with van der Waals surface area (Å²) in [5, 5.41) is 12.2. The molecule has 1 saturated heterocycles. The van der Waals surface area contributed by atoms with Crippen molar-refractivity contribution in [2.75, 3.05) is 32.7 Å². The monoisotopic (exact) mass is 372 g/mol. The lowest BCUT2D eigenvalue weighted by Gasteiger charge is -2.34. The van der Waals surface area contributed by atoms with E-state index in [-0.39, 0.29) is 11.7 Å². The Morgan fingerprint density at radius 1 is 0.893 bits per heavy atom. The maximum atomic E-state index is 12.9. The van der Waals surface area contributed by atoms with E-state index in [0.717, 1.165) is 30.4 Å². The Labute approximate surface area is 165 Å². The van der Waals surface area contributed by atoms with E-state index in [2.05, 4.69) is 29.2 Å². The van der Waals surface area contributed by atoms with Crippen LogP contribution in [0.2, 0.25) is 0 Å². The number of phenols is 1. The van der Waals surface area contributed by atoms with Crippen molar-refractivity contribution >= 4 is 22.8 Å². The van der Waals surface area contributed by atoms with Crippen LogP contribution in [0, 0.1) is 0 Å². The quantitative estimate of drug-likeness (QED) is 0.752. The molecule has 0 unspecified atom stereocenters. The highest BCUT2D eigenvalue weighted by atomic mass is 16.3. The van der Waals surface area contributed by atoms with Crippen LogP contribution in [-0.2, 0) is 0 Å². The van der Waals surface area contributed by atoms with Crippen molar-refractivity contribution in [3.8, 4) is 5.75 Å². The number of carbonyl (C=O) groups excluding carboxylic acids is 1. The SMILES string of the molecule is O=C(c1cc2ccccc2cc1O)N1CCN(C/C=C/c2ccccc2)CC1. The zero-order chi connectivity index (χ0) is 19.3. The molecule has 1 aliphatic heterocycles. The Morgan fingerprint density at radius 2 is 1.54 bits per heavy atom. The van der Waals surface area contributed by atoms with Gasteiger partial charge < -0.3 is 10.0 Å². The second-order valence-electron chi connectivity index (χ2n) is 7.12. The maximum Gasteiger partial charge on any atom is 0.257 e. The van der Waals surface area contributed by atoms with Gasteiger partial charge in [0, 0.05) is 32.7 Å². The fourth-order valence-corrected chi connectivity index (χ4v) is 3.61. The molecule has 142 valence electrons. The molecule has 1 N–H and O–H groups in total. The van der Waals surface area contributed by atoms with E-state index < -0.39 is 0 Å². The summed E-state index contributed by atoms with van der Waals surface area (Å²) in [7, 11) is 0. The van der Waals surface area contributed by atoms with Gasteiger partial charge in [-0.05, 0) is 28.5 Å². The van der Waals surface area contributed by atoms with Crippen LogP contribution in [0.3, 0.4) is 0 Å². The number of hydrogen-bond acceptors (Lipinski definition) is 3. The molecule has 3 aromatic rings. The molecule has 0 saturated carbocycles. The second-order valence-corrected chi connectivity index (χ2v) is 7.12. The summed E-state index contributed by atoms with van der Waals surface area (Å²) in [5.74, 6) is -0.0420. The highest BCUT2D eigenvalue weighted by molar-refractivity contribution is 6.01. The fourth-order valence-electron chi connectivity index (χ4n) is 3.61. The molecule has 4 rings (SSSR count). The zero-order valence-electron chi connectivity index (χ0n) is 15.8. The summed E-state index contributed by atoms with van der Waals surface area (Å²) < 4.78 is 0. The van der Waals surface area contributed by atoms with E-state index in [0.29, 0.717) is 18.7 Å². The molecule has 1 amide bonds. The van der Waals surface area contributed by atoms with Gasteiger partial charge in [-0.25, -0.2) is 0 Å². The molecule has 0 atom stereocenters. The van der Waals surface area contributed by atoms with E-state index in [1.165, 1.54) is 5.56 Å². The molecule has 0 aliphatic carbocycles. The van der Waals surface area contributed by atoms with Crippen LogP contribution >= 0.6 is 0 Å². The van der Waals surface area contributed by atoms with Gasteiger partial charge in [0.1, 0.15) is 5.75 Å². The average molecular weight is 372 g/mol. The lowest BCUT2D eigenvalue weighted by Crippen LogP contribution is -2.48. The number of rotatable bonds is 4. The van der Waals surface area contributed by atoms with Crippen LogP contribution in [0.15, 0.2) is 72.8 Å². The van der Waals surface area contributed by atoms with Crippen molar-refractivity contribution < 1.29 is 9.90 Å². The highest BCUT2D eigenvalue weighted by Gasteiger charge is 2.23. The van der Waals surface area contributed by atoms with E-state index in [1.807, 2.05) is 47.4 Å². The number of phenolic OH excluding ortho intramolecular Hbond substituents is 1. The first-order valence-electron chi connectivity index (χ1n) is 9.66. The zero-order valence-corrected chi connectivity index (χ0v) is 15.8. The minimum atomic E-state index is -0.0947. The highest BCUT2D eigenvalue weighted by Crippen LogP contribution is 2.26. The average Bonchev–Trinajstić information content (AvgIpc) is 2.74. The first-order chi connectivity index (χ1) is 13.7. The number of amides is 1. The second kappa shape index (κ2) is 8.28. The smallest absolute Gasteiger partial charge is 0.257 e. The molecule has 0 bridgehead atoms. The largest absolute Gasteiger partial charge is 0.507 e. The molecular formula is C24H24N2O2. The van der Waals surface area contributed by atoms with Crippen LogP contribution in [0.25, 0.3) is 16.8 Å². The van der Waals surface area contributed by atoms with Gasteiger partial charge in [0.15, 0.2) is 0 Å². The predicted molar refractivity (Wildman–Crippen MR) is 113 cm³/mol. The molecule has 0 spiro atoms. The molecule has 4 heteroatoms. The lowest BCUT2D eigenvalue weighted by atomic mass is 10.0. The third-order valence-electron chi connectivity index (χ3n) is 5.23. The third kappa shape index (κ3) is 4.07. The number of benzene rings is 3. The van der Waals surface area contributed by atoms with Crippen molar-refractivity contribution in [1.29, 1.82) is 0 Å². The number of fused-ring (bicyclic) bond motifs is 1. The summed E-state index contributed by atoms with van der Waals surface area (Å²) >= 11 is 0. The van der Waals surface area contributed by atoms with E-state index >= 15 is 0 Å². The van der Waals surface area contributed by atoms with Gasteiger partial charge >= 0.3 is 0 Å². The first kappa shape index (κ1) is 18.3. The molecule has 0 radical (unpaired) electrons. The van der Waals surface area contributed by atoms with Crippen LogP contribution < -0.4 is 0 Å². The molecule has 28 heavy (non-hydrogen) atoms. The minimum absolute atomic E-state index is 0.0527. The summed E-state index contributed by atoms with van der Waals surface area (Å²) in [6, 6.07) is 21.5. The summed E-state index contributed by atoms with van der Waals surface area (Å²) in [5.41, 5.74) is 1.58. The number of carbonyl (C=O) groups is 1. The number of piperazine rings is 1. The van der Waals surface area contributed by atoms with Gasteiger partial charge in [-0.2, -0.15) is 0 Å². The third-order valence-corrected chi connectivity index (χ3v) is 5.23. The molecule has 1 fully saturated rings. The number of aromatic hydroxyl groups is 1. The van der Waals surface area contributed by atoms with Gasteiger partial charge in [-0.15, -0.1) is 0 Å². The summed E-state index contributed by atoms with van der Waals surface area (Å²) in [4.78, 5) is 17.1. The fraction of sp³-hybridized carbons (Fsp3) is 0.208. The number of nitrogens with zero attached hydrogens (tertiary/aromatic N) is 2. The van der Waals surface area contributed by atoms with E-state index in [4.69, 9.17) is 0 Å². The topological polar surface area (TPSA) is 43.8 Å². The van der Waals surface area contributed by atoms with Gasteiger partial charge in [0.2, 0.25) is 0 Å². The van der Waals surface area contributed by atoms with Crippen LogP contribution in [-0.4, -0.2) is 53.5 Å². The lowest BCUT2D eigenvalue weighted by molar-refractivity contribution is 0.0647. The molecule has 1 heterocycles. The normalized spacial score (nSPS) is 15.4. The Hall–Kier alpha value is -3.11. The minimum Gasteiger partial charge on any atom is -0.507 e. The Morgan fingerprint density at radius 3 is 2.25 bits per heavy atom. The van der Waals surface area contributed by atoms with Crippen LogP contribution in [0.4, 0.5) is 0 Å². The van der Waals surface area contributed by atoms with Crippen LogP contribution in [0.5, 0.6) is 5.75 Å². The predicted octanol–water partition coefficient (Wildman–Crippen LogP) is 4.02. The standard InChI is InChI=1S/C24H24N2O2/c27-23-18-21-11-5-4-10-20(21)17-22(23)24(28)26-15-13-25(14-16-26)12-6-9-19-7-2-1-3-8-19/h1-11,17-18,27H,12-16H2/b9-6+. The van der Waals surface area contributed by atoms with Crippen molar-refractivity contribution in [1.82, 2.24) is 9.80 Å². The molecule has 0 aromatic heterocycles. The van der Waals surface area contributed by atoms with Crippen molar-refractivity contribution in [3.63, 3.8) is 0 Å². The van der Waals surface area contributed by atoms with Crippen molar-refractivity contribution in [3.05, 3.63) is 83.9 Å². The molecule has 1 aliphatic rings. The number of hydrogen-bond donors (Lipinski definition) is 1. The maximum absolute atomic E-state index is 12.9. The molecular weight excluding hydrogens is 348 g/mol. The first-order valence-corrected chi connectivity index (χ1v) is 9.66. The van der Waals surface area contributed by atoms with Crippen molar-refractivity contribution in [2.45, 2.75) is 0 Å². The Kier molecular flexibility index (Phi) is 5.40.